The van der Waals surface area contributed by atoms with E-state index in [9.17, 15) is 4.79 Å². The number of hydrogen-bond donors (Lipinski definition) is 1. The third-order valence-corrected chi connectivity index (χ3v) is 4.16. The van der Waals surface area contributed by atoms with E-state index in [1.54, 1.807) is 7.05 Å². The monoisotopic (exact) mass is 322 g/mol. The molecule has 0 amide bonds. The summed E-state index contributed by atoms with van der Waals surface area (Å²) in [4.78, 5) is 18.4. The fourth-order valence-electron chi connectivity index (χ4n) is 2.88. The van der Waals surface area contributed by atoms with Crippen molar-refractivity contribution < 1.29 is 14.1 Å². The smallest absolute Gasteiger partial charge is 0.310 e. The van der Waals surface area contributed by atoms with E-state index in [1.807, 2.05) is 20.8 Å². The molecule has 1 aromatic rings. The van der Waals surface area contributed by atoms with Crippen molar-refractivity contribution in [3.63, 3.8) is 0 Å². The highest BCUT2D eigenvalue weighted by Gasteiger charge is 2.28. The molecular formula is C16H26N4O3. The molecule has 0 spiro atoms. The Bertz CT molecular complexity index is 548. The zero-order valence-corrected chi connectivity index (χ0v) is 14.4. The standard InChI is InChI=1S/C16H26N4O3/c1-5-22-15(21)13-7-6-8-20(10-13)16(17-4)18-9-14-11(2)19-23-12(14)3/h13H,5-10H2,1-4H3,(H,17,18)/t13-/m0/s1. The fourth-order valence-corrected chi connectivity index (χ4v) is 2.88. The summed E-state index contributed by atoms with van der Waals surface area (Å²) in [7, 11) is 1.75. The van der Waals surface area contributed by atoms with Crippen LogP contribution in [-0.4, -0.2) is 48.7 Å². The van der Waals surface area contributed by atoms with Gasteiger partial charge in [-0.1, -0.05) is 5.16 Å². The molecule has 0 unspecified atom stereocenters. The van der Waals surface area contributed by atoms with Crippen molar-refractivity contribution in [3.05, 3.63) is 17.0 Å². The molecule has 1 aliphatic rings. The average Bonchev–Trinajstić information content (AvgIpc) is 2.87. The normalized spacial score (nSPS) is 18.9. The number of aromatic nitrogens is 1. The van der Waals surface area contributed by atoms with Crippen LogP contribution in [0, 0.1) is 19.8 Å². The van der Waals surface area contributed by atoms with Crippen LogP contribution in [0.15, 0.2) is 9.52 Å². The molecule has 2 heterocycles. The number of likely N-dealkylation sites (tertiary alicyclic amines) is 1. The van der Waals surface area contributed by atoms with Gasteiger partial charge >= 0.3 is 5.97 Å². The van der Waals surface area contributed by atoms with Crippen molar-refractivity contribution >= 4 is 11.9 Å². The van der Waals surface area contributed by atoms with Crippen molar-refractivity contribution in [2.45, 2.75) is 40.2 Å². The molecule has 0 aliphatic carbocycles. The molecule has 1 aromatic heterocycles. The lowest BCUT2D eigenvalue weighted by Crippen LogP contribution is -2.48. The minimum atomic E-state index is -0.113. The van der Waals surface area contributed by atoms with E-state index < -0.39 is 0 Å². The van der Waals surface area contributed by atoms with Crippen LogP contribution in [-0.2, 0) is 16.1 Å². The van der Waals surface area contributed by atoms with E-state index in [1.165, 1.54) is 0 Å². The Balaban J connectivity index is 1.96. The van der Waals surface area contributed by atoms with Crippen LogP contribution in [0.1, 0.15) is 36.8 Å². The second-order valence-corrected chi connectivity index (χ2v) is 5.74. The molecule has 0 radical (unpaired) electrons. The SMILES string of the molecule is CCOC(=O)[C@H]1CCCN(C(=NC)NCc2c(C)noc2C)C1. The number of ether oxygens (including phenoxy) is 1. The number of aliphatic imine (C=N–C) groups is 1. The maximum atomic E-state index is 12.0. The van der Waals surface area contributed by atoms with Crippen LogP contribution in [0.3, 0.4) is 0 Å². The zero-order valence-electron chi connectivity index (χ0n) is 14.4. The number of guanidine groups is 1. The molecule has 7 nitrogen and oxygen atoms in total. The number of esters is 1. The first-order chi connectivity index (χ1) is 11.1. The number of carbonyl (C=O) groups excluding carboxylic acids is 1. The summed E-state index contributed by atoms with van der Waals surface area (Å²) < 4.78 is 10.3. The molecule has 1 saturated heterocycles. The number of rotatable bonds is 4. The van der Waals surface area contributed by atoms with Crippen molar-refractivity contribution in [2.24, 2.45) is 10.9 Å². The van der Waals surface area contributed by atoms with E-state index in [-0.39, 0.29) is 11.9 Å². The van der Waals surface area contributed by atoms with Crippen LogP contribution in [0.4, 0.5) is 0 Å². The number of carbonyl (C=O) groups is 1. The summed E-state index contributed by atoms with van der Waals surface area (Å²) in [6, 6.07) is 0. The molecule has 0 saturated carbocycles. The van der Waals surface area contributed by atoms with Crippen molar-refractivity contribution in [3.8, 4) is 0 Å². The van der Waals surface area contributed by atoms with E-state index >= 15 is 0 Å². The lowest BCUT2D eigenvalue weighted by molar-refractivity contribution is -0.149. The second-order valence-electron chi connectivity index (χ2n) is 5.74. The van der Waals surface area contributed by atoms with Gasteiger partial charge in [-0.3, -0.25) is 9.79 Å². The van der Waals surface area contributed by atoms with E-state index in [0.29, 0.717) is 19.7 Å². The molecule has 1 atom stereocenters. The summed E-state index contributed by atoms with van der Waals surface area (Å²) in [6.45, 7) is 8.22. The van der Waals surface area contributed by atoms with Gasteiger partial charge in [0.05, 0.1) is 18.2 Å². The van der Waals surface area contributed by atoms with Gasteiger partial charge in [0.15, 0.2) is 5.96 Å². The first-order valence-electron chi connectivity index (χ1n) is 8.10. The molecule has 128 valence electrons. The Labute approximate surface area is 137 Å². The molecule has 0 bridgehead atoms. The van der Waals surface area contributed by atoms with E-state index in [2.05, 4.69) is 20.4 Å². The number of aryl methyl sites for hydroxylation is 2. The Kier molecular flexibility index (Phi) is 6.01. The maximum absolute atomic E-state index is 12.0. The Morgan fingerprint density at radius 1 is 1.52 bits per heavy atom. The van der Waals surface area contributed by atoms with Gasteiger partial charge in [0.2, 0.25) is 0 Å². The van der Waals surface area contributed by atoms with Gasteiger partial charge in [0.25, 0.3) is 0 Å². The third-order valence-electron chi connectivity index (χ3n) is 4.16. The third kappa shape index (κ3) is 4.24. The molecule has 2 rings (SSSR count). The summed E-state index contributed by atoms with van der Waals surface area (Å²) in [5.74, 6) is 1.41. The minimum absolute atomic E-state index is 0.0821. The minimum Gasteiger partial charge on any atom is -0.466 e. The van der Waals surface area contributed by atoms with Crippen LogP contribution < -0.4 is 5.32 Å². The number of piperidine rings is 1. The highest BCUT2D eigenvalue weighted by atomic mass is 16.5. The first kappa shape index (κ1) is 17.3. The van der Waals surface area contributed by atoms with Crippen LogP contribution in [0.2, 0.25) is 0 Å². The Morgan fingerprint density at radius 2 is 2.30 bits per heavy atom. The predicted molar refractivity (Wildman–Crippen MR) is 87.1 cm³/mol. The van der Waals surface area contributed by atoms with Crippen LogP contribution >= 0.6 is 0 Å². The van der Waals surface area contributed by atoms with Gasteiger partial charge in [0.1, 0.15) is 5.76 Å². The van der Waals surface area contributed by atoms with Crippen molar-refractivity contribution in [2.75, 3.05) is 26.7 Å². The van der Waals surface area contributed by atoms with Gasteiger partial charge in [-0.25, -0.2) is 0 Å². The number of nitrogens with zero attached hydrogens (tertiary/aromatic N) is 3. The largest absolute Gasteiger partial charge is 0.466 e. The zero-order chi connectivity index (χ0) is 16.8. The van der Waals surface area contributed by atoms with E-state index in [4.69, 9.17) is 9.26 Å². The Hall–Kier alpha value is -2.05. The topological polar surface area (TPSA) is 80.0 Å². The second kappa shape index (κ2) is 7.99. The summed E-state index contributed by atoms with van der Waals surface area (Å²) >= 11 is 0. The highest BCUT2D eigenvalue weighted by molar-refractivity contribution is 5.81. The molecule has 7 heteroatoms. The van der Waals surface area contributed by atoms with Gasteiger partial charge < -0.3 is 19.5 Å². The van der Waals surface area contributed by atoms with Gasteiger partial charge in [0, 0.05) is 32.2 Å². The molecule has 0 aromatic carbocycles. The first-order valence-corrected chi connectivity index (χ1v) is 8.10. The lowest BCUT2D eigenvalue weighted by atomic mass is 9.98. The van der Waals surface area contributed by atoms with Gasteiger partial charge in [-0.15, -0.1) is 0 Å². The van der Waals surface area contributed by atoms with Crippen LogP contribution in [0.5, 0.6) is 0 Å². The Morgan fingerprint density at radius 3 is 2.91 bits per heavy atom. The quantitative estimate of drug-likeness (QED) is 0.516. The number of nitrogens with one attached hydrogen (secondary N) is 1. The molecule has 23 heavy (non-hydrogen) atoms. The van der Waals surface area contributed by atoms with Crippen molar-refractivity contribution in [1.29, 1.82) is 0 Å². The molecule has 1 fully saturated rings. The summed E-state index contributed by atoms with van der Waals surface area (Å²) in [6.07, 6.45) is 1.83. The lowest BCUT2D eigenvalue weighted by Gasteiger charge is -2.33. The number of hydrogen-bond acceptors (Lipinski definition) is 5. The van der Waals surface area contributed by atoms with Gasteiger partial charge in [-0.05, 0) is 33.6 Å². The molecular weight excluding hydrogens is 296 g/mol. The fraction of sp³-hybridized carbons (Fsp3) is 0.688. The van der Waals surface area contributed by atoms with Crippen molar-refractivity contribution in [1.82, 2.24) is 15.4 Å². The van der Waals surface area contributed by atoms with Gasteiger partial charge in [-0.2, -0.15) is 0 Å². The molecule has 1 N–H and O–H groups in total. The molecule has 1 aliphatic heterocycles. The van der Waals surface area contributed by atoms with E-state index in [0.717, 1.165) is 42.4 Å². The summed E-state index contributed by atoms with van der Waals surface area (Å²) in [5, 5.41) is 7.30. The summed E-state index contributed by atoms with van der Waals surface area (Å²) in [5.41, 5.74) is 1.93. The highest BCUT2D eigenvalue weighted by Crippen LogP contribution is 2.18. The maximum Gasteiger partial charge on any atom is 0.310 e. The average molecular weight is 322 g/mol. The van der Waals surface area contributed by atoms with Crippen LogP contribution in [0.25, 0.3) is 0 Å². The predicted octanol–water partition coefficient (Wildman–Crippen LogP) is 1.64.